The minimum Gasteiger partial charge on any atom is -0.409 e. The number of rotatable bonds is 4. The van der Waals surface area contributed by atoms with Gasteiger partial charge in [0.05, 0.1) is 6.04 Å². The number of oxime groups is 1. The van der Waals surface area contributed by atoms with Crippen LogP contribution < -0.4 is 11.1 Å². The smallest absolute Gasteiger partial charge is 0.252 e. The molecule has 0 saturated carbocycles. The molecule has 1 unspecified atom stereocenters. The minimum atomic E-state index is -0.471. The lowest BCUT2D eigenvalue weighted by Gasteiger charge is -2.16. The van der Waals surface area contributed by atoms with Crippen LogP contribution >= 0.6 is 15.9 Å². The number of nitrogens with one attached hydrogen (secondary N) is 1. The van der Waals surface area contributed by atoms with Gasteiger partial charge in [-0.05, 0) is 31.0 Å². The van der Waals surface area contributed by atoms with E-state index >= 15 is 0 Å². The highest BCUT2D eigenvalue weighted by Crippen LogP contribution is 2.16. The quantitative estimate of drug-likeness (QED) is 0.344. The van der Waals surface area contributed by atoms with Gasteiger partial charge in [-0.1, -0.05) is 34.1 Å². The van der Waals surface area contributed by atoms with Crippen LogP contribution in [-0.4, -0.2) is 23.0 Å². The predicted octanol–water partition coefficient (Wildman–Crippen LogP) is 2.01. The Morgan fingerprint density at radius 3 is 2.83 bits per heavy atom. The minimum absolute atomic E-state index is 0.00139. The Hall–Kier alpha value is -1.56. The molecular formula is C12H16BrN3O2. The molecule has 0 aliphatic heterocycles. The summed E-state index contributed by atoms with van der Waals surface area (Å²) in [6.07, 6.45) is 0.550. The molecule has 1 amide bonds. The summed E-state index contributed by atoms with van der Waals surface area (Å²) in [5.74, 6) is -0.245. The molecular weight excluding hydrogens is 298 g/mol. The van der Waals surface area contributed by atoms with E-state index in [1.54, 1.807) is 6.07 Å². The van der Waals surface area contributed by atoms with E-state index in [2.05, 4.69) is 26.4 Å². The summed E-state index contributed by atoms with van der Waals surface area (Å²) < 4.78 is 0.829. The zero-order chi connectivity index (χ0) is 13.7. The van der Waals surface area contributed by atoms with Crippen molar-refractivity contribution in [2.45, 2.75) is 26.3 Å². The number of benzene rings is 1. The van der Waals surface area contributed by atoms with Crippen LogP contribution in [0.4, 0.5) is 0 Å². The van der Waals surface area contributed by atoms with Crippen molar-refractivity contribution in [3.05, 3.63) is 33.8 Å². The third kappa shape index (κ3) is 3.46. The first kappa shape index (κ1) is 14.5. The number of amides is 1. The van der Waals surface area contributed by atoms with Crippen molar-refractivity contribution in [2.75, 3.05) is 0 Å². The molecule has 4 N–H and O–H groups in total. The number of hydrogen-bond donors (Lipinski definition) is 3. The molecule has 0 aliphatic rings. The Morgan fingerprint density at radius 2 is 2.28 bits per heavy atom. The van der Waals surface area contributed by atoms with E-state index in [1.807, 2.05) is 26.0 Å². The summed E-state index contributed by atoms with van der Waals surface area (Å²) in [5.41, 5.74) is 6.93. The first-order valence-corrected chi connectivity index (χ1v) is 6.33. The van der Waals surface area contributed by atoms with E-state index in [0.717, 1.165) is 10.0 Å². The van der Waals surface area contributed by atoms with Gasteiger partial charge >= 0.3 is 0 Å². The average Bonchev–Trinajstić information content (AvgIpc) is 2.37. The van der Waals surface area contributed by atoms with Gasteiger partial charge in [0.2, 0.25) is 0 Å². The SMILES string of the molecule is CCC(NC(=O)c1cc(Br)ccc1C)C(N)=NO. The second kappa shape index (κ2) is 6.39. The third-order valence-corrected chi connectivity index (χ3v) is 3.12. The summed E-state index contributed by atoms with van der Waals surface area (Å²) in [4.78, 5) is 12.1. The number of amidine groups is 1. The summed E-state index contributed by atoms with van der Waals surface area (Å²) in [6, 6.07) is 4.99. The van der Waals surface area contributed by atoms with Gasteiger partial charge in [0.25, 0.3) is 5.91 Å². The normalized spacial score (nSPS) is 13.2. The van der Waals surface area contributed by atoms with Crippen molar-refractivity contribution in [3.8, 4) is 0 Å². The number of aryl methyl sites for hydroxylation is 1. The van der Waals surface area contributed by atoms with Crippen molar-refractivity contribution in [1.29, 1.82) is 0 Å². The number of halogens is 1. The van der Waals surface area contributed by atoms with Crippen LogP contribution in [-0.2, 0) is 0 Å². The molecule has 0 fully saturated rings. The van der Waals surface area contributed by atoms with Gasteiger partial charge in [-0.3, -0.25) is 4.79 Å². The fraction of sp³-hybridized carbons (Fsp3) is 0.333. The second-order valence-electron chi connectivity index (χ2n) is 3.92. The third-order valence-electron chi connectivity index (χ3n) is 2.63. The molecule has 1 rings (SSSR count). The lowest BCUT2D eigenvalue weighted by Crippen LogP contribution is -2.44. The monoisotopic (exact) mass is 313 g/mol. The molecule has 0 spiro atoms. The van der Waals surface area contributed by atoms with Gasteiger partial charge in [0.15, 0.2) is 5.84 Å². The van der Waals surface area contributed by atoms with Gasteiger partial charge in [0.1, 0.15) is 0 Å². The van der Waals surface area contributed by atoms with Crippen molar-refractivity contribution >= 4 is 27.7 Å². The Labute approximate surface area is 114 Å². The van der Waals surface area contributed by atoms with Gasteiger partial charge in [0, 0.05) is 10.0 Å². The van der Waals surface area contributed by atoms with Gasteiger partial charge in [-0.2, -0.15) is 0 Å². The lowest BCUT2D eigenvalue weighted by molar-refractivity contribution is 0.0945. The van der Waals surface area contributed by atoms with Gasteiger partial charge in [-0.25, -0.2) is 0 Å². The molecule has 0 radical (unpaired) electrons. The Balaban J connectivity index is 2.91. The fourth-order valence-corrected chi connectivity index (χ4v) is 1.89. The zero-order valence-corrected chi connectivity index (χ0v) is 11.9. The molecule has 0 aliphatic carbocycles. The molecule has 5 nitrogen and oxygen atoms in total. The first-order valence-electron chi connectivity index (χ1n) is 5.54. The van der Waals surface area contributed by atoms with Crippen LogP contribution in [0.3, 0.4) is 0 Å². The van der Waals surface area contributed by atoms with Crippen molar-refractivity contribution in [1.82, 2.24) is 5.32 Å². The van der Waals surface area contributed by atoms with E-state index < -0.39 is 6.04 Å². The summed E-state index contributed by atoms with van der Waals surface area (Å²) in [5, 5.41) is 14.3. The fourth-order valence-electron chi connectivity index (χ4n) is 1.53. The van der Waals surface area contributed by atoms with Crippen LogP contribution in [0, 0.1) is 6.92 Å². The maximum Gasteiger partial charge on any atom is 0.252 e. The van der Waals surface area contributed by atoms with E-state index in [0.29, 0.717) is 12.0 Å². The predicted molar refractivity (Wildman–Crippen MR) is 73.8 cm³/mol. The van der Waals surface area contributed by atoms with E-state index in [4.69, 9.17) is 10.9 Å². The highest BCUT2D eigenvalue weighted by Gasteiger charge is 2.17. The number of carbonyl (C=O) groups excluding carboxylic acids is 1. The molecule has 98 valence electrons. The van der Waals surface area contributed by atoms with Crippen molar-refractivity contribution in [3.63, 3.8) is 0 Å². The van der Waals surface area contributed by atoms with E-state index in [9.17, 15) is 4.79 Å². The number of nitrogens with two attached hydrogens (primary N) is 1. The van der Waals surface area contributed by atoms with Crippen LogP contribution in [0.15, 0.2) is 27.8 Å². The maximum absolute atomic E-state index is 12.1. The molecule has 6 heteroatoms. The largest absolute Gasteiger partial charge is 0.409 e. The highest BCUT2D eigenvalue weighted by atomic mass is 79.9. The molecule has 1 aromatic rings. The lowest BCUT2D eigenvalue weighted by atomic mass is 10.1. The van der Waals surface area contributed by atoms with Crippen molar-refractivity contribution < 1.29 is 10.0 Å². The van der Waals surface area contributed by atoms with Crippen LogP contribution in [0.25, 0.3) is 0 Å². The van der Waals surface area contributed by atoms with Crippen LogP contribution in [0.1, 0.15) is 29.3 Å². The van der Waals surface area contributed by atoms with Gasteiger partial charge in [-0.15, -0.1) is 0 Å². The van der Waals surface area contributed by atoms with E-state index in [-0.39, 0.29) is 11.7 Å². The number of nitrogens with zero attached hydrogens (tertiary/aromatic N) is 1. The second-order valence-corrected chi connectivity index (χ2v) is 4.83. The Kier molecular flexibility index (Phi) is 5.15. The molecule has 1 atom stereocenters. The molecule has 18 heavy (non-hydrogen) atoms. The molecule has 0 aromatic heterocycles. The first-order chi connectivity index (χ1) is 8.49. The Morgan fingerprint density at radius 1 is 1.61 bits per heavy atom. The van der Waals surface area contributed by atoms with E-state index in [1.165, 1.54) is 0 Å². The highest BCUT2D eigenvalue weighted by molar-refractivity contribution is 9.10. The number of carbonyl (C=O) groups is 1. The molecule has 0 saturated heterocycles. The topological polar surface area (TPSA) is 87.7 Å². The molecule has 0 heterocycles. The van der Waals surface area contributed by atoms with Crippen LogP contribution in [0.2, 0.25) is 0 Å². The summed E-state index contributed by atoms with van der Waals surface area (Å²) in [7, 11) is 0. The molecule has 1 aromatic carbocycles. The summed E-state index contributed by atoms with van der Waals surface area (Å²) >= 11 is 3.32. The average molecular weight is 314 g/mol. The van der Waals surface area contributed by atoms with Crippen LogP contribution in [0.5, 0.6) is 0 Å². The maximum atomic E-state index is 12.1. The molecule has 0 bridgehead atoms. The summed E-state index contributed by atoms with van der Waals surface area (Å²) in [6.45, 7) is 3.70. The van der Waals surface area contributed by atoms with Crippen molar-refractivity contribution in [2.24, 2.45) is 10.9 Å². The van der Waals surface area contributed by atoms with Gasteiger partial charge < -0.3 is 16.3 Å². The zero-order valence-electron chi connectivity index (χ0n) is 10.3. The standard InChI is InChI=1S/C12H16BrN3O2/c1-3-10(11(14)16-18)15-12(17)9-6-8(13)5-4-7(9)2/h4-6,10,18H,3H2,1-2H3,(H2,14,16)(H,15,17). The Bertz CT molecular complexity index is 474. The number of hydrogen-bond acceptors (Lipinski definition) is 3.